The Balaban J connectivity index is 2.18. The molecule has 31 heavy (non-hydrogen) atoms. The van der Waals surface area contributed by atoms with Gasteiger partial charge in [0.1, 0.15) is 12.5 Å². The molecule has 1 aromatic carbocycles. The lowest BCUT2D eigenvalue weighted by Crippen LogP contribution is -2.40. The summed E-state index contributed by atoms with van der Waals surface area (Å²) in [6.45, 7) is 6.37. The van der Waals surface area contributed by atoms with Crippen LogP contribution in [-0.2, 0) is 19.1 Å². The smallest absolute Gasteiger partial charge is 0.315 e. The van der Waals surface area contributed by atoms with E-state index in [1.165, 1.54) is 0 Å². The Labute approximate surface area is 183 Å². The van der Waals surface area contributed by atoms with Crippen molar-refractivity contribution in [1.82, 2.24) is 0 Å². The summed E-state index contributed by atoms with van der Waals surface area (Å²) in [6, 6.07) is 5.50. The van der Waals surface area contributed by atoms with Gasteiger partial charge in [-0.15, -0.1) is 0 Å². The average Bonchev–Trinajstić information content (AvgIpc) is 2.71. The quantitative estimate of drug-likeness (QED) is 0.485. The lowest BCUT2D eigenvalue weighted by Gasteiger charge is -2.39. The summed E-state index contributed by atoms with van der Waals surface area (Å²) in [6.07, 6.45) is 1.06. The highest BCUT2D eigenvalue weighted by molar-refractivity contribution is 6.09. The van der Waals surface area contributed by atoms with Crippen molar-refractivity contribution in [2.75, 3.05) is 34.5 Å². The molecule has 1 aliphatic heterocycles. The second-order valence-corrected chi connectivity index (χ2v) is 8.75. The molecule has 1 aromatic rings. The summed E-state index contributed by atoms with van der Waals surface area (Å²) in [5.41, 5.74) is 2.47. The van der Waals surface area contributed by atoms with E-state index in [0.717, 1.165) is 5.70 Å². The molecule has 7 heteroatoms. The summed E-state index contributed by atoms with van der Waals surface area (Å²) >= 11 is 0. The fourth-order valence-electron chi connectivity index (χ4n) is 4.56. The molecule has 0 bridgehead atoms. The number of rotatable bonds is 7. The number of carbonyl (C=O) groups excluding carboxylic acids is 2. The minimum absolute atomic E-state index is 0.00654. The zero-order valence-electron chi connectivity index (χ0n) is 19.1. The number of para-hydroxylation sites is 1. The molecule has 0 saturated carbocycles. The van der Waals surface area contributed by atoms with Crippen molar-refractivity contribution in [3.8, 4) is 11.5 Å². The number of esters is 1. The van der Waals surface area contributed by atoms with Crippen LogP contribution in [0.1, 0.15) is 45.1 Å². The van der Waals surface area contributed by atoms with E-state index in [1.807, 2.05) is 19.1 Å². The summed E-state index contributed by atoms with van der Waals surface area (Å²) in [5.74, 6) is -0.677. The standard InChI is InChI=1S/C24H31NO6/c1-14-19(23(27)31-11-10-28-4)20(15-8-7-9-18(29-5)22(15)30-6)21-16(25-14)12-24(2,3)13-17(21)26/h7-9,19-20H,10-13H2,1-6H3/t19?,20-/m1/s1. The molecule has 0 amide bonds. The van der Waals surface area contributed by atoms with Gasteiger partial charge in [-0.25, -0.2) is 0 Å². The number of benzene rings is 1. The Kier molecular flexibility index (Phi) is 6.84. The average molecular weight is 430 g/mol. The van der Waals surface area contributed by atoms with Gasteiger partial charge in [0, 0.05) is 42.0 Å². The van der Waals surface area contributed by atoms with Crippen LogP contribution < -0.4 is 9.47 Å². The highest BCUT2D eigenvalue weighted by Gasteiger charge is 2.47. The number of aliphatic imine (C=N–C) groups is 1. The molecule has 1 unspecified atom stereocenters. The molecule has 0 spiro atoms. The number of ether oxygens (including phenoxy) is 4. The zero-order valence-corrected chi connectivity index (χ0v) is 19.1. The van der Waals surface area contributed by atoms with Crippen LogP contribution in [0.3, 0.4) is 0 Å². The van der Waals surface area contributed by atoms with E-state index >= 15 is 0 Å². The first kappa shape index (κ1) is 23.0. The molecule has 7 nitrogen and oxygen atoms in total. The van der Waals surface area contributed by atoms with Gasteiger partial charge in [-0.05, 0) is 24.8 Å². The number of hydrogen-bond donors (Lipinski definition) is 0. The van der Waals surface area contributed by atoms with Gasteiger partial charge in [0.25, 0.3) is 0 Å². The molecule has 168 valence electrons. The van der Waals surface area contributed by atoms with Crippen LogP contribution in [0, 0.1) is 11.3 Å². The summed E-state index contributed by atoms with van der Waals surface area (Å²) in [4.78, 5) is 31.2. The van der Waals surface area contributed by atoms with Crippen LogP contribution in [0.2, 0.25) is 0 Å². The van der Waals surface area contributed by atoms with Gasteiger partial charge in [0.15, 0.2) is 17.3 Å². The lowest BCUT2D eigenvalue weighted by atomic mass is 9.66. The van der Waals surface area contributed by atoms with Crippen molar-refractivity contribution in [3.05, 3.63) is 35.0 Å². The Morgan fingerprint density at radius 1 is 1.13 bits per heavy atom. The third kappa shape index (κ3) is 4.51. The summed E-state index contributed by atoms with van der Waals surface area (Å²) in [5, 5.41) is 0. The van der Waals surface area contributed by atoms with Crippen LogP contribution in [0.4, 0.5) is 0 Å². The minimum atomic E-state index is -0.734. The van der Waals surface area contributed by atoms with Gasteiger partial charge in [-0.1, -0.05) is 26.0 Å². The van der Waals surface area contributed by atoms with Crippen LogP contribution in [-0.4, -0.2) is 52.0 Å². The zero-order chi connectivity index (χ0) is 22.8. The van der Waals surface area contributed by atoms with Gasteiger partial charge in [0.05, 0.1) is 20.8 Å². The fourth-order valence-corrected chi connectivity index (χ4v) is 4.56. The number of nitrogens with zero attached hydrogens (tertiary/aromatic N) is 1. The number of methoxy groups -OCH3 is 3. The van der Waals surface area contributed by atoms with Crippen molar-refractivity contribution < 1.29 is 28.5 Å². The Morgan fingerprint density at radius 2 is 1.87 bits per heavy atom. The van der Waals surface area contributed by atoms with Gasteiger partial charge >= 0.3 is 5.97 Å². The predicted octanol–water partition coefficient (Wildman–Crippen LogP) is 3.71. The third-order valence-corrected chi connectivity index (χ3v) is 5.86. The second kappa shape index (κ2) is 9.22. The van der Waals surface area contributed by atoms with E-state index < -0.39 is 17.8 Å². The Morgan fingerprint density at radius 3 is 2.52 bits per heavy atom. The highest BCUT2D eigenvalue weighted by atomic mass is 16.6. The van der Waals surface area contributed by atoms with E-state index in [0.29, 0.717) is 47.8 Å². The molecule has 2 atom stereocenters. The molecular weight excluding hydrogens is 398 g/mol. The predicted molar refractivity (Wildman–Crippen MR) is 117 cm³/mol. The molecule has 1 aliphatic carbocycles. The largest absolute Gasteiger partial charge is 0.493 e. The number of ketones is 1. The molecule has 0 saturated heterocycles. The van der Waals surface area contributed by atoms with Crippen molar-refractivity contribution >= 4 is 17.5 Å². The summed E-state index contributed by atoms with van der Waals surface area (Å²) in [7, 11) is 4.66. The monoisotopic (exact) mass is 429 g/mol. The van der Waals surface area contributed by atoms with Crippen LogP contribution in [0.5, 0.6) is 11.5 Å². The number of Topliss-reactive ketones (excluding diaryl/α,β-unsaturated/α-hetero) is 1. The first-order valence-electron chi connectivity index (χ1n) is 10.4. The lowest BCUT2D eigenvalue weighted by molar-refractivity contribution is -0.147. The summed E-state index contributed by atoms with van der Waals surface area (Å²) < 4.78 is 21.6. The van der Waals surface area contributed by atoms with Gasteiger partial charge in [0.2, 0.25) is 0 Å². The van der Waals surface area contributed by atoms with E-state index in [4.69, 9.17) is 23.9 Å². The number of allylic oxidation sites excluding steroid dienone is 2. The number of carbonyl (C=O) groups is 2. The highest BCUT2D eigenvalue weighted by Crippen LogP contribution is 2.50. The van der Waals surface area contributed by atoms with Crippen LogP contribution in [0.15, 0.2) is 34.5 Å². The molecule has 1 heterocycles. The topological polar surface area (TPSA) is 83.4 Å². The van der Waals surface area contributed by atoms with Crippen molar-refractivity contribution in [2.45, 2.75) is 39.5 Å². The van der Waals surface area contributed by atoms with E-state index in [-0.39, 0.29) is 17.8 Å². The van der Waals surface area contributed by atoms with E-state index in [2.05, 4.69) is 13.8 Å². The van der Waals surface area contributed by atoms with E-state index in [1.54, 1.807) is 27.4 Å². The van der Waals surface area contributed by atoms with E-state index in [9.17, 15) is 9.59 Å². The minimum Gasteiger partial charge on any atom is -0.493 e. The molecular formula is C24H31NO6. The molecule has 0 radical (unpaired) electrons. The first-order valence-corrected chi connectivity index (χ1v) is 10.4. The van der Waals surface area contributed by atoms with Crippen molar-refractivity contribution in [2.24, 2.45) is 16.3 Å². The third-order valence-electron chi connectivity index (χ3n) is 5.86. The molecule has 0 fully saturated rings. The Hall–Kier alpha value is -2.67. The van der Waals surface area contributed by atoms with Gasteiger partial charge in [-0.3, -0.25) is 14.6 Å². The van der Waals surface area contributed by atoms with Crippen molar-refractivity contribution in [1.29, 1.82) is 0 Å². The van der Waals surface area contributed by atoms with Crippen LogP contribution in [0.25, 0.3) is 0 Å². The molecule has 3 rings (SSSR count). The van der Waals surface area contributed by atoms with Crippen molar-refractivity contribution in [3.63, 3.8) is 0 Å². The second-order valence-electron chi connectivity index (χ2n) is 8.75. The fraction of sp³-hybridized carbons (Fsp3) is 0.542. The van der Waals surface area contributed by atoms with Gasteiger partial charge in [-0.2, -0.15) is 0 Å². The first-order chi connectivity index (χ1) is 14.7. The SMILES string of the molecule is COCCOC(=O)C1C(C)=NC2=C(C(=O)CC(C)(C)C2)[C@@H]1c1cccc(OC)c1OC. The normalized spacial score (nSPS) is 22.5. The maximum absolute atomic E-state index is 13.3. The maximum Gasteiger partial charge on any atom is 0.315 e. The molecule has 2 aliphatic rings. The van der Waals surface area contributed by atoms with Crippen LogP contribution >= 0.6 is 0 Å². The molecule has 0 N–H and O–H groups in total. The Bertz CT molecular complexity index is 930. The maximum atomic E-state index is 13.3. The van der Waals surface area contributed by atoms with Gasteiger partial charge < -0.3 is 18.9 Å². The molecule has 0 aromatic heterocycles. The number of hydrogen-bond acceptors (Lipinski definition) is 7.